The fraction of sp³-hybridized carbons (Fsp3) is 0.500. The van der Waals surface area contributed by atoms with Crippen LogP contribution in [-0.2, 0) is 0 Å². The second-order valence-electron chi connectivity index (χ2n) is 3.63. The third kappa shape index (κ3) is 3.93. The van der Waals surface area contributed by atoms with Crippen molar-refractivity contribution in [1.29, 1.82) is 0 Å². The number of alkyl halides is 1. The number of nitrogens with one attached hydrogen (secondary N) is 1. The van der Waals surface area contributed by atoms with Gasteiger partial charge in [0.15, 0.2) is 0 Å². The van der Waals surface area contributed by atoms with E-state index in [1.54, 1.807) is 6.20 Å². The second-order valence-corrected chi connectivity index (χ2v) is 5.71. The summed E-state index contributed by atoms with van der Waals surface area (Å²) in [5.41, 5.74) is 0. The van der Waals surface area contributed by atoms with Crippen molar-refractivity contribution in [2.24, 2.45) is 5.92 Å². The molecule has 0 aliphatic rings. The number of nitrogens with zero attached hydrogens (tertiary/aromatic N) is 1. The van der Waals surface area contributed by atoms with Crippen LogP contribution in [0.3, 0.4) is 0 Å². The monoisotopic (exact) mass is 354 g/mol. The van der Waals surface area contributed by atoms with E-state index in [2.05, 4.69) is 56.0 Å². The molecule has 84 valence electrons. The number of pyridine rings is 1. The van der Waals surface area contributed by atoms with Crippen molar-refractivity contribution in [3.05, 3.63) is 21.2 Å². The number of aromatic nitrogens is 1. The van der Waals surface area contributed by atoms with E-state index in [-0.39, 0.29) is 6.04 Å². The highest BCUT2D eigenvalue weighted by molar-refractivity contribution is 9.11. The van der Waals surface area contributed by atoms with Gasteiger partial charge < -0.3 is 5.32 Å². The van der Waals surface area contributed by atoms with Crippen LogP contribution in [0.25, 0.3) is 0 Å². The molecule has 0 aromatic carbocycles. The Morgan fingerprint density at radius 3 is 2.60 bits per heavy atom. The molecule has 0 fully saturated rings. The molecule has 0 amide bonds. The molecule has 1 unspecified atom stereocenters. The minimum absolute atomic E-state index is 0.233. The van der Waals surface area contributed by atoms with Crippen LogP contribution in [0.4, 0.5) is 5.82 Å². The molecule has 5 heteroatoms. The van der Waals surface area contributed by atoms with Gasteiger partial charge in [0.05, 0.1) is 4.47 Å². The van der Waals surface area contributed by atoms with Crippen LogP contribution >= 0.6 is 43.5 Å². The summed E-state index contributed by atoms with van der Waals surface area (Å²) in [7, 11) is 0. The van der Waals surface area contributed by atoms with Gasteiger partial charge in [0.25, 0.3) is 0 Å². The summed E-state index contributed by atoms with van der Waals surface area (Å²) >= 11 is 12.7. The van der Waals surface area contributed by atoms with Crippen LogP contribution in [0.2, 0.25) is 0 Å². The minimum Gasteiger partial charge on any atom is -0.365 e. The summed E-state index contributed by atoms with van der Waals surface area (Å²) in [6, 6.07) is 2.19. The zero-order chi connectivity index (χ0) is 11.4. The average molecular weight is 356 g/mol. The average Bonchev–Trinajstić information content (AvgIpc) is 2.16. The van der Waals surface area contributed by atoms with Crippen molar-refractivity contribution in [2.75, 3.05) is 11.2 Å². The van der Waals surface area contributed by atoms with E-state index in [0.717, 1.165) is 14.8 Å². The molecule has 1 atom stereocenters. The van der Waals surface area contributed by atoms with E-state index in [9.17, 15) is 0 Å². The Hall–Kier alpha value is 0.200. The molecule has 0 radical (unpaired) electrons. The third-order valence-electron chi connectivity index (χ3n) is 2.10. The van der Waals surface area contributed by atoms with Gasteiger partial charge in [-0.05, 0) is 43.8 Å². The topological polar surface area (TPSA) is 24.9 Å². The molecule has 1 N–H and O–H groups in total. The summed E-state index contributed by atoms with van der Waals surface area (Å²) in [4.78, 5) is 4.28. The third-order valence-corrected chi connectivity index (χ3v) is 3.47. The number of rotatable bonds is 4. The van der Waals surface area contributed by atoms with Gasteiger partial charge in [-0.2, -0.15) is 0 Å². The van der Waals surface area contributed by atoms with Crippen molar-refractivity contribution in [3.8, 4) is 0 Å². The lowest BCUT2D eigenvalue weighted by atomic mass is 10.1. The van der Waals surface area contributed by atoms with Gasteiger partial charge in [-0.1, -0.05) is 13.8 Å². The highest BCUT2D eigenvalue weighted by Gasteiger charge is 2.13. The maximum atomic E-state index is 5.88. The zero-order valence-electron chi connectivity index (χ0n) is 8.60. The Labute approximate surface area is 112 Å². The molecular weight excluding hydrogens is 343 g/mol. The largest absolute Gasteiger partial charge is 0.365 e. The fourth-order valence-electron chi connectivity index (χ4n) is 1.08. The molecule has 1 aromatic heterocycles. The van der Waals surface area contributed by atoms with Gasteiger partial charge in [0.2, 0.25) is 0 Å². The fourth-order valence-corrected chi connectivity index (χ4v) is 2.62. The summed E-state index contributed by atoms with van der Waals surface area (Å²) in [5, 5.41) is 3.31. The quantitative estimate of drug-likeness (QED) is 0.815. The minimum atomic E-state index is 0.233. The smallest absolute Gasteiger partial charge is 0.140 e. The molecule has 0 aliphatic heterocycles. The highest BCUT2D eigenvalue weighted by atomic mass is 79.9. The first kappa shape index (κ1) is 13.3. The van der Waals surface area contributed by atoms with Crippen molar-refractivity contribution in [1.82, 2.24) is 4.98 Å². The first-order valence-electron chi connectivity index (χ1n) is 4.68. The van der Waals surface area contributed by atoms with E-state index in [1.807, 2.05) is 6.07 Å². The maximum Gasteiger partial charge on any atom is 0.140 e. The van der Waals surface area contributed by atoms with Gasteiger partial charge in [-0.25, -0.2) is 4.98 Å². The van der Waals surface area contributed by atoms with E-state index in [1.165, 1.54) is 0 Å². The highest BCUT2D eigenvalue weighted by Crippen LogP contribution is 2.25. The van der Waals surface area contributed by atoms with Crippen molar-refractivity contribution in [3.63, 3.8) is 0 Å². The lowest BCUT2D eigenvalue weighted by Gasteiger charge is -2.20. The lowest BCUT2D eigenvalue weighted by Crippen LogP contribution is -2.27. The van der Waals surface area contributed by atoms with Crippen LogP contribution < -0.4 is 5.32 Å². The molecule has 0 spiro atoms. The molecule has 0 bridgehead atoms. The van der Waals surface area contributed by atoms with Crippen molar-refractivity contribution in [2.45, 2.75) is 19.9 Å². The van der Waals surface area contributed by atoms with Gasteiger partial charge >= 0.3 is 0 Å². The molecule has 0 aliphatic carbocycles. The molecule has 0 saturated carbocycles. The molecular formula is C10H13Br2ClN2. The Kier molecular flexibility index (Phi) is 5.36. The first-order chi connectivity index (χ1) is 7.04. The summed E-state index contributed by atoms with van der Waals surface area (Å²) in [6.07, 6.45) is 1.76. The molecule has 1 aromatic rings. The van der Waals surface area contributed by atoms with Crippen molar-refractivity contribution >= 4 is 49.3 Å². The molecule has 2 nitrogen and oxygen atoms in total. The van der Waals surface area contributed by atoms with Crippen LogP contribution in [0.1, 0.15) is 13.8 Å². The van der Waals surface area contributed by atoms with Crippen LogP contribution in [0, 0.1) is 5.92 Å². The first-order valence-corrected chi connectivity index (χ1v) is 6.80. The number of anilines is 1. The number of hydrogen-bond donors (Lipinski definition) is 1. The molecule has 1 heterocycles. The summed E-state index contributed by atoms with van der Waals surface area (Å²) in [6.45, 7) is 4.26. The molecule has 0 saturated heterocycles. The predicted octanol–water partition coefficient (Wildman–Crippen LogP) is 4.28. The van der Waals surface area contributed by atoms with Crippen LogP contribution in [0.5, 0.6) is 0 Å². The van der Waals surface area contributed by atoms with E-state index in [4.69, 9.17) is 11.6 Å². The Balaban J connectivity index is 2.79. The second kappa shape index (κ2) is 6.06. The molecule has 15 heavy (non-hydrogen) atoms. The molecule has 1 rings (SSSR count). The van der Waals surface area contributed by atoms with E-state index < -0.39 is 0 Å². The summed E-state index contributed by atoms with van der Waals surface area (Å²) in [5.74, 6) is 1.87. The predicted molar refractivity (Wildman–Crippen MR) is 72.6 cm³/mol. The number of halogens is 3. The Morgan fingerprint density at radius 1 is 1.47 bits per heavy atom. The van der Waals surface area contributed by atoms with Crippen LogP contribution in [0.15, 0.2) is 21.2 Å². The van der Waals surface area contributed by atoms with Gasteiger partial charge in [0, 0.05) is 22.6 Å². The Morgan fingerprint density at radius 2 is 2.13 bits per heavy atom. The summed E-state index contributed by atoms with van der Waals surface area (Å²) < 4.78 is 1.89. The standard InChI is InChI=1S/C10H13Br2ClN2/c1-6(2)9(4-13)15-10-8(12)3-7(11)5-14-10/h3,5-6,9H,4H2,1-2H3,(H,14,15). The van der Waals surface area contributed by atoms with Crippen molar-refractivity contribution < 1.29 is 0 Å². The number of hydrogen-bond acceptors (Lipinski definition) is 2. The van der Waals surface area contributed by atoms with Gasteiger partial charge in [0.1, 0.15) is 5.82 Å². The SMILES string of the molecule is CC(C)C(CCl)Nc1ncc(Br)cc1Br. The zero-order valence-corrected chi connectivity index (χ0v) is 12.5. The van der Waals surface area contributed by atoms with Gasteiger partial charge in [-0.15, -0.1) is 11.6 Å². The van der Waals surface area contributed by atoms with E-state index in [0.29, 0.717) is 11.8 Å². The normalized spacial score (nSPS) is 12.9. The maximum absolute atomic E-state index is 5.88. The van der Waals surface area contributed by atoms with Crippen LogP contribution in [-0.4, -0.2) is 16.9 Å². The van der Waals surface area contributed by atoms with Gasteiger partial charge in [-0.3, -0.25) is 0 Å². The lowest BCUT2D eigenvalue weighted by molar-refractivity contribution is 0.562. The van der Waals surface area contributed by atoms with E-state index >= 15 is 0 Å². The Bertz CT molecular complexity index is 331.